The first-order valence-electron chi connectivity index (χ1n) is 9.19. The Morgan fingerprint density at radius 3 is 2.78 bits per heavy atom. The number of primary amides is 1. The third-order valence-corrected chi connectivity index (χ3v) is 6.42. The minimum atomic E-state index is -0.481. The maximum absolute atomic E-state index is 12.7. The van der Waals surface area contributed by atoms with Crippen LogP contribution in [0.3, 0.4) is 0 Å². The molecular weight excluding hydrogens is 428 g/mol. The van der Waals surface area contributed by atoms with E-state index in [1.54, 1.807) is 18.2 Å². The summed E-state index contributed by atoms with van der Waals surface area (Å²) in [5.74, 6) is -0.0353. The Labute approximate surface area is 171 Å². The Kier molecular flexibility index (Phi) is 6.55. The van der Waals surface area contributed by atoms with Gasteiger partial charge in [-0.15, -0.1) is 11.3 Å². The predicted octanol–water partition coefficient (Wildman–Crippen LogP) is 4.92. The van der Waals surface area contributed by atoms with Crippen LogP contribution >= 0.6 is 27.3 Å². The number of nitrogens with two attached hydrogens (primary N) is 1. The van der Waals surface area contributed by atoms with E-state index in [4.69, 9.17) is 10.5 Å². The van der Waals surface area contributed by atoms with Crippen molar-refractivity contribution in [2.45, 2.75) is 45.4 Å². The first-order chi connectivity index (χ1) is 13.0. The monoisotopic (exact) mass is 450 g/mol. The van der Waals surface area contributed by atoms with E-state index in [2.05, 4.69) is 28.2 Å². The van der Waals surface area contributed by atoms with Gasteiger partial charge < -0.3 is 15.8 Å². The molecule has 3 rings (SSSR count). The third-order valence-electron chi connectivity index (χ3n) is 4.59. The van der Waals surface area contributed by atoms with Crippen LogP contribution in [-0.2, 0) is 12.8 Å². The smallest absolute Gasteiger partial charge is 0.256 e. The van der Waals surface area contributed by atoms with E-state index in [0.717, 1.165) is 53.4 Å². The number of amides is 2. The van der Waals surface area contributed by atoms with Crippen LogP contribution < -0.4 is 15.8 Å². The second-order valence-corrected chi connectivity index (χ2v) is 8.54. The van der Waals surface area contributed by atoms with Crippen molar-refractivity contribution in [3.63, 3.8) is 0 Å². The van der Waals surface area contributed by atoms with Crippen LogP contribution in [0.5, 0.6) is 5.75 Å². The summed E-state index contributed by atoms with van der Waals surface area (Å²) < 4.78 is 6.43. The van der Waals surface area contributed by atoms with E-state index >= 15 is 0 Å². The summed E-state index contributed by atoms with van der Waals surface area (Å²) in [6.45, 7) is 2.75. The summed E-state index contributed by atoms with van der Waals surface area (Å²) in [6, 6.07) is 5.23. The van der Waals surface area contributed by atoms with Crippen molar-refractivity contribution < 1.29 is 14.3 Å². The average Bonchev–Trinajstić information content (AvgIpc) is 3.01. The Hall–Kier alpha value is -1.86. The van der Waals surface area contributed by atoms with Crippen LogP contribution in [0.1, 0.15) is 63.8 Å². The zero-order valence-corrected chi connectivity index (χ0v) is 17.7. The van der Waals surface area contributed by atoms with Gasteiger partial charge in [-0.2, -0.15) is 0 Å². The first kappa shape index (κ1) is 19.9. The maximum Gasteiger partial charge on any atom is 0.256 e. The van der Waals surface area contributed by atoms with Crippen molar-refractivity contribution in [1.82, 2.24) is 0 Å². The number of anilines is 1. The van der Waals surface area contributed by atoms with E-state index in [-0.39, 0.29) is 5.91 Å². The van der Waals surface area contributed by atoms with Crippen LogP contribution in [0.25, 0.3) is 0 Å². The fourth-order valence-corrected chi connectivity index (χ4v) is 4.96. The second-order valence-electron chi connectivity index (χ2n) is 6.58. The number of hydrogen-bond acceptors (Lipinski definition) is 4. The molecule has 0 saturated carbocycles. The molecule has 7 heteroatoms. The zero-order valence-electron chi connectivity index (χ0n) is 15.3. The Morgan fingerprint density at radius 2 is 2.07 bits per heavy atom. The quantitative estimate of drug-likeness (QED) is 0.587. The fraction of sp³-hybridized carbons (Fsp3) is 0.400. The molecule has 0 radical (unpaired) electrons. The molecule has 3 N–H and O–H groups in total. The van der Waals surface area contributed by atoms with E-state index in [1.165, 1.54) is 11.3 Å². The lowest BCUT2D eigenvalue weighted by molar-refractivity contribution is 0.100. The topological polar surface area (TPSA) is 81.4 Å². The Morgan fingerprint density at radius 1 is 1.30 bits per heavy atom. The van der Waals surface area contributed by atoms with Crippen LogP contribution in [0, 0.1) is 0 Å². The van der Waals surface area contributed by atoms with Gasteiger partial charge in [0.25, 0.3) is 11.8 Å². The molecule has 0 spiro atoms. The molecule has 1 aromatic carbocycles. The van der Waals surface area contributed by atoms with Crippen LogP contribution in [-0.4, -0.2) is 18.4 Å². The van der Waals surface area contributed by atoms with Gasteiger partial charge in [0.15, 0.2) is 0 Å². The van der Waals surface area contributed by atoms with Gasteiger partial charge >= 0.3 is 0 Å². The molecule has 0 aliphatic heterocycles. The van der Waals surface area contributed by atoms with E-state index < -0.39 is 5.91 Å². The summed E-state index contributed by atoms with van der Waals surface area (Å²) >= 11 is 4.93. The minimum absolute atomic E-state index is 0.267. The van der Waals surface area contributed by atoms with Gasteiger partial charge in [-0.05, 0) is 71.8 Å². The number of halogens is 1. The lowest BCUT2D eigenvalue weighted by Gasteiger charge is -2.11. The summed E-state index contributed by atoms with van der Waals surface area (Å²) in [5, 5.41) is 3.44. The molecule has 1 aromatic heterocycles. The van der Waals surface area contributed by atoms with Crippen LogP contribution in [0.2, 0.25) is 0 Å². The third kappa shape index (κ3) is 4.52. The van der Waals surface area contributed by atoms with Crippen molar-refractivity contribution in [2.24, 2.45) is 5.73 Å². The number of fused-ring (bicyclic) bond motifs is 1. The van der Waals surface area contributed by atoms with Crippen LogP contribution in [0.15, 0.2) is 22.7 Å². The molecule has 0 atom stereocenters. The van der Waals surface area contributed by atoms with E-state index in [1.807, 2.05) is 0 Å². The number of carbonyl (C=O) groups is 2. The highest BCUT2D eigenvalue weighted by Crippen LogP contribution is 2.38. The zero-order chi connectivity index (χ0) is 19.4. The standard InChI is InChI=1S/C20H23BrN2O3S/c1-2-3-10-26-15-9-8-12(11-14(15)21)19(25)23-20-17(18(22)24)13-6-4-5-7-16(13)27-20/h8-9,11H,2-7,10H2,1H3,(H2,22,24)(H,23,25). The first-order valence-corrected chi connectivity index (χ1v) is 10.8. The number of carbonyl (C=O) groups excluding carboxylic acids is 2. The van der Waals surface area contributed by atoms with Crippen molar-refractivity contribution in [2.75, 3.05) is 11.9 Å². The van der Waals surface area contributed by atoms with Gasteiger partial charge in [0.1, 0.15) is 10.8 Å². The van der Waals surface area contributed by atoms with Gasteiger partial charge in [-0.1, -0.05) is 13.3 Å². The van der Waals surface area contributed by atoms with Crippen molar-refractivity contribution in [3.05, 3.63) is 44.2 Å². The van der Waals surface area contributed by atoms with Gasteiger partial charge in [-0.3, -0.25) is 9.59 Å². The van der Waals surface area contributed by atoms with E-state index in [0.29, 0.717) is 28.5 Å². The van der Waals surface area contributed by atoms with E-state index in [9.17, 15) is 9.59 Å². The molecule has 144 valence electrons. The number of aryl methyl sites for hydroxylation is 1. The fourth-order valence-electron chi connectivity index (χ4n) is 3.18. The van der Waals surface area contributed by atoms with Gasteiger partial charge in [0, 0.05) is 10.4 Å². The maximum atomic E-state index is 12.7. The molecule has 1 heterocycles. The highest BCUT2D eigenvalue weighted by molar-refractivity contribution is 9.10. The van der Waals surface area contributed by atoms with Crippen molar-refractivity contribution in [1.29, 1.82) is 0 Å². The lowest BCUT2D eigenvalue weighted by atomic mass is 9.95. The molecular formula is C20H23BrN2O3S. The number of unbranched alkanes of at least 4 members (excludes halogenated alkanes) is 1. The molecule has 0 unspecified atom stereocenters. The Bertz CT molecular complexity index is 863. The number of benzene rings is 1. The lowest BCUT2D eigenvalue weighted by Crippen LogP contribution is -2.18. The number of ether oxygens (including phenoxy) is 1. The highest BCUT2D eigenvalue weighted by atomic mass is 79.9. The van der Waals surface area contributed by atoms with Crippen LogP contribution in [0.4, 0.5) is 5.00 Å². The van der Waals surface area contributed by atoms with Gasteiger partial charge in [0.2, 0.25) is 0 Å². The average molecular weight is 451 g/mol. The molecule has 27 heavy (non-hydrogen) atoms. The molecule has 0 saturated heterocycles. The van der Waals surface area contributed by atoms with Gasteiger partial charge in [0.05, 0.1) is 16.6 Å². The van der Waals surface area contributed by atoms with Crippen molar-refractivity contribution >= 4 is 44.1 Å². The highest BCUT2D eigenvalue weighted by Gasteiger charge is 2.25. The number of rotatable bonds is 7. The second kappa shape index (κ2) is 8.89. The molecule has 5 nitrogen and oxygen atoms in total. The summed E-state index contributed by atoms with van der Waals surface area (Å²) in [5.41, 5.74) is 7.57. The summed E-state index contributed by atoms with van der Waals surface area (Å²) in [7, 11) is 0. The molecule has 2 aromatic rings. The summed E-state index contributed by atoms with van der Waals surface area (Å²) in [4.78, 5) is 25.8. The molecule has 1 aliphatic rings. The number of hydrogen-bond donors (Lipinski definition) is 2. The Balaban J connectivity index is 1.79. The van der Waals surface area contributed by atoms with Gasteiger partial charge in [-0.25, -0.2) is 0 Å². The molecule has 0 fully saturated rings. The largest absolute Gasteiger partial charge is 0.492 e. The number of thiophene rings is 1. The molecule has 1 aliphatic carbocycles. The number of nitrogens with one attached hydrogen (secondary N) is 1. The van der Waals surface area contributed by atoms with Crippen molar-refractivity contribution in [3.8, 4) is 5.75 Å². The molecule has 0 bridgehead atoms. The normalized spacial score (nSPS) is 13.1. The SMILES string of the molecule is CCCCOc1ccc(C(=O)Nc2sc3c(c2C(N)=O)CCCC3)cc1Br. The minimum Gasteiger partial charge on any atom is -0.492 e. The summed E-state index contributed by atoms with van der Waals surface area (Å²) in [6.07, 6.45) is 5.97. The molecule has 2 amide bonds. The predicted molar refractivity (Wildman–Crippen MR) is 112 cm³/mol.